The van der Waals surface area contributed by atoms with Crippen LogP contribution in [0.1, 0.15) is 28.8 Å². The molecule has 0 bridgehead atoms. The molecule has 2 heterocycles. The largest absolute Gasteiger partial charge is 0.339 e. The van der Waals surface area contributed by atoms with E-state index >= 15 is 0 Å². The summed E-state index contributed by atoms with van der Waals surface area (Å²) in [4.78, 5) is 29.1. The molecular weight excluding hydrogens is 440 g/mol. The van der Waals surface area contributed by atoms with E-state index in [4.69, 9.17) is 0 Å². The van der Waals surface area contributed by atoms with Gasteiger partial charge in [0.15, 0.2) is 0 Å². The lowest BCUT2D eigenvalue weighted by atomic mass is 9.97. The van der Waals surface area contributed by atoms with Crippen molar-refractivity contribution in [3.05, 3.63) is 57.8 Å². The second-order valence-corrected chi connectivity index (χ2v) is 9.88. The van der Waals surface area contributed by atoms with Gasteiger partial charge in [0.1, 0.15) is 5.03 Å². The van der Waals surface area contributed by atoms with Gasteiger partial charge in [0.25, 0.3) is 11.6 Å². The maximum atomic E-state index is 12.8. The highest BCUT2D eigenvalue weighted by Crippen LogP contribution is 2.24. The number of nitro benzene ring substituents is 1. The summed E-state index contributed by atoms with van der Waals surface area (Å²) in [6.07, 6.45) is 4.86. The van der Waals surface area contributed by atoms with Crippen LogP contribution in [0.2, 0.25) is 0 Å². The van der Waals surface area contributed by atoms with Gasteiger partial charge < -0.3 is 4.90 Å². The molecule has 31 heavy (non-hydrogen) atoms. The third-order valence-corrected chi connectivity index (χ3v) is 7.61. The number of carbonyl (C=O) groups is 1. The summed E-state index contributed by atoms with van der Waals surface area (Å²) in [6.45, 7) is 2.88. The number of aryl methyl sites for hydroxylation is 1. The predicted molar refractivity (Wildman–Crippen MR) is 118 cm³/mol. The molecule has 1 aromatic heterocycles. The van der Waals surface area contributed by atoms with Crippen molar-refractivity contribution >= 4 is 33.4 Å². The molecule has 1 aromatic carbocycles. The van der Waals surface area contributed by atoms with Crippen molar-refractivity contribution in [2.24, 2.45) is 5.92 Å². The zero-order valence-corrected chi connectivity index (χ0v) is 18.9. The van der Waals surface area contributed by atoms with Crippen LogP contribution in [0.15, 0.2) is 46.5 Å². The number of hydrogen-bond donors (Lipinski definition) is 1. The number of non-ortho nitro benzene ring substituents is 1. The fourth-order valence-electron chi connectivity index (χ4n) is 3.52. The number of pyridine rings is 1. The normalized spacial score (nSPS) is 15.1. The third kappa shape index (κ3) is 5.41. The van der Waals surface area contributed by atoms with Crippen LogP contribution in [0.5, 0.6) is 0 Å². The quantitative estimate of drug-likeness (QED) is 0.380. The number of benzene rings is 1. The summed E-state index contributed by atoms with van der Waals surface area (Å²) in [7, 11) is -3.87. The van der Waals surface area contributed by atoms with E-state index in [1.54, 1.807) is 30.2 Å². The smallest absolute Gasteiger partial charge is 0.270 e. The van der Waals surface area contributed by atoms with Crippen LogP contribution >= 0.6 is 11.8 Å². The van der Waals surface area contributed by atoms with E-state index in [-0.39, 0.29) is 29.0 Å². The Morgan fingerprint density at radius 3 is 2.68 bits per heavy atom. The average Bonchev–Trinajstić information content (AvgIpc) is 2.77. The first kappa shape index (κ1) is 23.2. The van der Waals surface area contributed by atoms with Gasteiger partial charge in [-0.2, -0.15) is 0 Å². The first-order valence-corrected chi connectivity index (χ1v) is 12.5. The number of nitro groups is 1. The number of nitrogens with one attached hydrogen (secondary N) is 1. The van der Waals surface area contributed by atoms with Crippen LogP contribution in [0.4, 0.5) is 5.69 Å². The minimum Gasteiger partial charge on any atom is -0.339 e. The summed E-state index contributed by atoms with van der Waals surface area (Å²) in [5.74, 6) is 0.00967. The van der Waals surface area contributed by atoms with E-state index < -0.39 is 14.9 Å². The van der Waals surface area contributed by atoms with Crippen LogP contribution in [0.3, 0.4) is 0 Å². The molecule has 0 aliphatic carbocycles. The molecule has 1 amide bonds. The molecule has 3 rings (SSSR count). The maximum Gasteiger partial charge on any atom is 0.270 e. The van der Waals surface area contributed by atoms with Crippen LogP contribution in [-0.2, 0) is 10.0 Å². The van der Waals surface area contributed by atoms with Gasteiger partial charge in [0.05, 0.1) is 15.4 Å². The maximum absolute atomic E-state index is 12.8. The van der Waals surface area contributed by atoms with Gasteiger partial charge in [-0.3, -0.25) is 14.9 Å². The summed E-state index contributed by atoms with van der Waals surface area (Å²) in [6, 6.07) is 7.30. The molecule has 1 aliphatic rings. The number of carbonyl (C=O) groups excluding carboxylic acids is 1. The minimum absolute atomic E-state index is 0.0660. The number of nitrogens with zero attached hydrogens (tertiary/aromatic N) is 3. The number of likely N-dealkylation sites (tertiary alicyclic amines) is 1. The Bertz CT molecular complexity index is 1080. The second kappa shape index (κ2) is 9.75. The molecule has 11 heteroatoms. The van der Waals surface area contributed by atoms with E-state index in [9.17, 15) is 23.3 Å². The molecule has 2 aromatic rings. The van der Waals surface area contributed by atoms with Crippen molar-refractivity contribution in [2.75, 3.05) is 25.9 Å². The minimum atomic E-state index is -3.87. The molecule has 1 saturated heterocycles. The van der Waals surface area contributed by atoms with Crippen LogP contribution in [0, 0.1) is 23.0 Å². The Labute approximate surface area is 185 Å². The highest BCUT2D eigenvalue weighted by Gasteiger charge is 2.27. The first-order valence-electron chi connectivity index (χ1n) is 9.76. The Kier molecular flexibility index (Phi) is 7.29. The summed E-state index contributed by atoms with van der Waals surface area (Å²) < 4.78 is 28.0. The number of hydrogen-bond acceptors (Lipinski definition) is 7. The Hall–Kier alpha value is -2.50. The van der Waals surface area contributed by atoms with E-state index in [0.717, 1.165) is 6.07 Å². The zero-order valence-electron chi connectivity index (χ0n) is 17.3. The van der Waals surface area contributed by atoms with Crippen LogP contribution < -0.4 is 4.72 Å². The first-order chi connectivity index (χ1) is 14.7. The number of thioether (sulfide) groups is 1. The van der Waals surface area contributed by atoms with E-state index in [2.05, 4.69) is 9.71 Å². The van der Waals surface area contributed by atoms with Crippen molar-refractivity contribution in [1.29, 1.82) is 0 Å². The fraction of sp³-hybridized carbons (Fsp3) is 0.400. The van der Waals surface area contributed by atoms with E-state index in [0.29, 0.717) is 42.1 Å². The van der Waals surface area contributed by atoms with Gasteiger partial charge in [-0.05, 0) is 49.6 Å². The van der Waals surface area contributed by atoms with Crippen molar-refractivity contribution in [3.63, 3.8) is 0 Å². The molecule has 0 saturated carbocycles. The Morgan fingerprint density at radius 2 is 2.03 bits per heavy atom. The topological polar surface area (TPSA) is 123 Å². The molecule has 0 spiro atoms. The third-order valence-electron chi connectivity index (χ3n) is 5.33. The Balaban J connectivity index is 1.60. The fourth-order valence-corrected chi connectivity index (χ4v) is 5.44. The number of amides is 1. The number of piperidine rings is 1. The van der Waals surface area contributed by atoms with Crippen molar-refractivity contribution in [1.82, 2.24) is 14.6 Å². The van der Waals surface area contributed by atoms with Crippen molar-refractivity contribution in [2.45, 2.75) is 29.7 Å². The lowest BCUT2D eigenvalue weighted by molar-refractivity contribution is -0.385. The van der Waals surface area contributed by atoms with Crippen molar-refractivity contribution in [3.8, 4) is 0 Å². The van der Waals surface area contributed by atoms with Gasteiger partial charge in [0.2, 0.25) is 10.0 Å². The highest BCUT2D eigenvalue weighted by atomic mass is 32.2. The monoisotopic (exact) mass is 464 g/mol. The van der Waals surface area contributed by atoms with E-state index in [1.807, 2.05) is 6.26 Å². The number of rotatable bonds is 7. The Morgan fingerprint density at radius 1 is 1.32 bits per heavy atom. The predicted octanol–water partition coefficient (Wildman–Crippen LogP) is 2.85. The van der Waals surface area contributed by atoms with Gasteiger partial charge in [-0.1, -0.05) is 6.07 Å². The molecule has 0 radical (unpaired) electrons. The van der Waals surface area contributed by atoms with Gasteiger partial charge in [-0.15, -0.1) is 11.8 Å². The van der Waals surface area contributed by atoms with E-state index in [1.165, 1.54) is 23.9 Å². The van der Waals surface area contributed by atoms with Crippen molar-refractivity contribution < 1.29 is 18.1 Å². The average molecular weight is 465 g/mol. The highest BCUT2D eigenvalue weighted by molar-refractivity contribution is 7.98. The van der Waals surface area contributed by atoms with Crippen LogP contribution in [0.25, 0.3) is 0 Å². The summed E-state index contributed by atoms with van der Waals surface area (Å²) >= 11 is 1.42. The molecule has 0 unspecified atom stereocenters. The SMILES string of the molecule is CSc1ncccc1C(=O)N1CCC(CNS(=O)(=O)c2cc([N+](=O)[O-])ccc2C)CC1. The molecule has 1 N–H and O–H groups in total. The second-order valence-electron chi connectivity index (χ2n) is 7.35. The standard InChI is InChI=1S/C20H24N4O5S2/c1-14-5-6-16(24(26)27)12-18(14)31(28,29)22-13-15-7-10-23(11-8-15)20(25)17-4-3-9-21-19(17)30-2/h3-6,9,12,15,22H,7-8,10-11,13H2,1-2H3. The van der Waals surface area contributed by atoms with Gasteiger partial charge in [-0.25, -0.2) is 18.1 Å². The van der Waals surface area contributed by atoms with Gasteiger partial charge >= 0.3 is 0 Å². The lowest BCUT2D eigenvalue weighted by Crippen LogP contribution is -2.41. The summed E-state index contributed by atoms with van der Waals surface area (Å²) in [5, 5.41) is 11.7. The molecule has 1 fully saturated rings. The number of sulfonamides is 1. The summed E-state index contributed by atoms with van der Waals surface area (Å²) in [5.41, 5.74) is 0.757. The number of aromatic nitrogens is 1. The van der Waals surface area contributed by atoms with Crippen LogP contribution in [-0.4, -0.2) is 55.0 Å². The molecule has 9 nitrogen and oxygen atoms in total. The van der Waals surface area contributed by atoms with Gasteiger partial charge in [0, 0.05) is 38.0 Å². The molecule has 1 aliphatic heterocycles. The molecule has 166 valence electrons. The molecular formula is C20H24N4O5S2. The molecule has 0 atom stereocenters. The lowest BCUT2D eigenvalue weighted by Gasteiger charge is -2.32. The zero-order chi connectivity index (χ0) is 22.6.